The van der Waals surface area contributed by atoms with E-state index in [2.05, 4.69) is 10.6 Å². The molecule has 0 saturated carbocycles. The molecule has 0 radical (unpaired) electrons. The molecule has 98 valence electrons. The van der Waals surface area contributed by atoms with Gasteiger partial charge in [-0.05, 0) is 31.2 Å². The SMILES string of the molecule is C[C@H](NC(=O)c1ccco1)C(=O)Nc1ccccc1. The number of benzene rings is 1. The zero-order chi connectivity index (χ0) is 13.7. The summed E-state index contributed by atoms with van der Waals surface area (Å²) >= 11 is 0. The molecule has 2 aromatic rings. The van der Waals surface area contributed by atoms with Gasteiger partial charge in [0, 0.05) is 5.69 Å². The van der Waals surface area contributed by atoms with Gasteiger partial charge < -0.3 is 15.1 Å². The molecule has 1 aromatic carbocycles. The summed E-state index contributed by atoms with van der Waals surface area (Å²) in [7, 11) is 0. The second-order valence-electron chi connectivity index (χ2n) is 4.03. The number of amides is 2. The molecule has 2 amide bonds. The number of para-hydroxylation sites is 1. The van der Waals surface area contributed by atoms with Crippen LogP contribution < -0.4 is 10.6 Å². The first-order chi connectivity index (χ1) is 9.16. The van der Waals surface area contributed by atoms with Crippen LogP contribution in [-0.2, 0) is 4.79 Å². The van der Waals surface area contributed by atoms with Crippen molar-refractivity contribution in [1.29, 1.82) is 0 Å². The van der Waals surface area contributed by atoms with Gasteiger partial charge in [0.15, 0.2) is 5.76 Å². The number of hydrogen-bond acceptors (Lipinski definition) is 3. The van der Waals surface area contributed by atoms with Gasteiger partial charge in [0.05, 0.1) is 6.26 Å². The Kier molecular flexibility index (Phi) is 3.97. The van der Waals surface area contributed by atoms with Crippen molar-refractivity contribution in [3.05, 3.63) is 54.5 Å². The summed E-state index contributed by atoms with van der Waals surface area (Å²) < 4.78 is 4.95. The van der Waals surface area contributed by atoms with E-state index in [0.29, 0.717) is 5.69 Å². The molecule has 5 nitrogen and oxygen atoms in total. The Hall–Kier alpha value is -2.56. The highest BCUT2D eigenvalue weighted by Crippen LogP contribution is 2.06. The third-order valence-electron chi connectivity index (χ3n) is 2.53. The van der Waals surface area contributed by atoms with E-state index in [1.54, 1.807) is 25.1 Å². The summed E-state index contributed by atoms with van der Waals surface area (Å²) in [6.45, 7) is 1.61. The number of carbonyl (C=O) groups excluding carboxylic acids is 2. The number of furan rings is 1. The predicted molar refractivity (Wildman–Crippen MR) is 70.7 cm³/mol. The van der Waals surface area contributed by atoms with Crippen LogP contribution in [0.25, 0.3) is 0 Å². The van der Waals surface area contributed by atoms with E-state index >= 15 is 0 Å². The van der Waals surface area contributed by atoms with Gasteiger partial charge in [-0.3, -0.25) is 9.59 Å². The third kappa shape index (κ3) is 3.45. The first-order valence-electron chi connectivity index (χ1n) is 5.87. The lowest BCUT2D eigenvalue weighted by molar-refractivity contribution is -0.117. The van der Waals surface area contributed by atoms with E-state index in [1.807, 2.05) is 18.2 Å². The van der Waals surface area contributed by atoms with Crippen molar-refractivity contribution in [2.75, 3.05) is 5.32 Å². The summed E-state index contributed by atoms with van der Waals surface area (Å²) in [6.07, 6.45) is 1.41. The van der Waals surface area contributed by atoms with E-state index in [0.717, 1.165) is 0 Å². The molecule has 0 spiro atoms. The van der Waals surface area contributed by atoms with Gasteiger partial charge in [0.25, 0.3) is 5.91 Å². The third-order valence-corrected chi connectivity index (χ3v) is 2.53. The lowest BCUT2D eigenvalue weighted by Crippen LogP contribution is -2.41. The van der Waals surface area contributed by atoms with Gasteiger partial charge in [0.1, 0.15) is 6.04 Å². The molecular weight excluding hydrogens is 244 g/mol. The van der Waals surface area contributed by atoms with Crippen LogP contribution in [0.5, 0.6) is 0 Å². The van der Waals surface area contributed by atoms with E-state index in [1.165, 1.54) is 12.3 Å². The highest BCUT2D eigenvalue weighted by Gasteiger charge is 2.17. The second kappa shape index (κ2) is 5.86. The molecule has 2 rings (SSSR count). The Balaban J connectivity index is 1.91. The number of nitrogens with one attached hydrogen (secondary N) is 2. The highest BCUT2D eigenvalue weighted by molar-refractivity contribution is 5.99. The number of carbonyl (C=O) groups is 2. The Labute approximate surface area is 110 Å². The zero-order valence-corrected chi connectivity index (χ0v) is 10.4. The van der Waals surface area contributed by atoms with Crippen LogP contribution in [-0.4, -0.2) is 17.9 Å². The molecule has 1 aromatic heterocycles. The Morgan fingerprint density at radius 2 is 1.84 bits per heavy atom. The van der Waals surface area contributed by atoms with Crippen molar-refractivity contribution in [2.24, 2.45) is 0 Å². The monoisotopic (exact) mass is 258 g/mol. The summed E-state index contributed by atoms with van der Waals surface area (Å²) in [5.41, 5.74) is 0.687. The van der Waals surface area contributed by atoms with Gasteiger partial charge in [-0.1, -0.05) is 18.2 Å². The topological polar surface area (TPSA) is 71.3 Å². The van der Waals surface area contributed by atoms with Crippen LogP contribution in [0.2, 0.25) is 0 Å². The van der Waals surface area contributed by atoms with Crippen molar-refractivity contribution in [3.63, 3.8) is 0 Å². The fourth-order valence-electron chi connectivity index (χ4n) is 1.51. The maximum absolute atomic E-state index is 11.9. The maximum Gasteiger partial charge on any atom is 0.287 e. The molecule has 0 aliphatic heterocycles. The molecule has 0 unspecified atom stereocenters. The van der Waals surface area contributed by atoms with Gasteiger partial charge >= 0.3 is 0 Å². The molecule has 1 heterocycles. The minimum absolute atomic E-state index is 0.180. The van der Waals surface area contributed by atoms with Crippen molar-refractivity contribution in [1.82, 2.24) is 5.32 Å². The van der Waals surface area contributed by atoms with Gasteiger partial charge in [-0.25, -0.2) is 0 Å². The van der Waals surface area contributed by atoms with E-state index in [9.17, 15) is 9.59 Å². The number of rotatable bonds is 4. The van der Waals surface area contributed by atoms with E-state index in [4.69, 9.17) is 4.42 Å². The average molecular weight is 258 g/mol. The summed E-state index contributed by atoms with van der Waals surface area (Å²) in [6, 6.07) is 11.6. The molecule has 0 fully saturated rings. The molecule has 0 saturated heterocycles. The van der Waals surface area contributed by atoms with Crippen LogP contribution in [0.3, 0.4) is 0 Å². The van der Waals surface area contributed by atoms with Crippen molar-refractivity contribution >= 4 is 17.5 Å². The fraction of sp³-hybridized carbons (Fsp3) is 0.143. The number of anilines is 1. The average Bonchev–Trinajstić information content (AvgIpc) is 2.93. The first-order valence-corrected chi connectivity index (χ1v) is 5.87. The second-order valence-corrected chi connectivity index (χ2v) is 4.03. The molecule has 0 bridgehead atoms. The minimum atomic E-state index is -0.655. The Bertz CT molecular complexity index is 549. The summed E-state index contributed by atoms with van der Waals surface area (Å²) in [5, 5.41) is 5.27. The van der Waals surface area contributed by atoms with Gasteiger partial charge in [0.2, 0.25) is 5.91 Å². The number of hydrogen-bond donors (Lipinski definition) is 2. The maximum atomic E-state index is 11.9. The minimum Gasteiger partial charge on any atom is -0.459 e. The van der Waals surface area contributed by atoms with Crippen LogP contribution in [0, 0.1) is 0 Å². The first kappa shape index (κ1) is 12.9. The van der Waals surface area contributed by atoms with E-state index < -0.39 is 11.9 Å². The quantitative estimate of drug-likeness (QED) is 0.881. The zero-order valence-electron chi connectivity index (χ0n) is 10.4. The molecule has 0 aliphatic carbocycles. The molecule has 2 N–H and O–H groups in total. The smallest absolute Gasteiger partial charge is 0.287 e. The Morgan fingerprint density at radius 1 is 1.11 bits per heavy atom. The molecule has 19 heavy (non-hydrogen) atoms. The molecule has 1 atom stereocenters. The van der Waals surface area contributed by atoms with Crippen molar-refractivity contribution in [3.8, 4) is 0 Å². The largest absolute Gasteiger partial charge is 0.459 e. The standard InChI is InChI=1S/C14H14N2O3/c1-10(15-14(18)12-8-5-9-19-12)13(17)16-11-6-3-2-4-7-11/h2-10H,1H3,(H,15,18)(H,16,17)/t10-/m0/s1. The van der Waals surface area contributed by atoms with Crippen molar-refractivity contribution < 1.29 is 14.0 Å². The van der Waals surface area contributed by atoms with Crippen LogP contribution in [0.4, 0.5) is 5.69 Å². The lowest BCUT2D eigenvalue weighted by atomic mass is 10.2. The van der Waals surface area contributed by atoms with Gasteiger partial charge in [-0.15, -0.1) is 0 Å². The summed E-state index contributed by atoms with van der Waals surface area (Å²) in [5.74, 6) is -0.522. The lowest BCUT2D eigenvalue weighted by Gasteiger charge is -2.13. The van der Waals surface area contributed by atoms with Crippen LogP contribution >= 0.6 is 0 Å². The Morgan fingerprint density at radius 3 is 2.47 bits per heavy atom. The predicted octanol–water partition coefficient (Wildman–Crippen LogP) is 2.04. The summed E-state index contributed by atoms with van der Waals surface area (Å²) in [4.78, 5) is 23.5. The van der Waals surface area contributed by atoms with Crippen LogP contribution in [0.15, 0.2) is 53.1 Å². The molecule has 0 aliphatic rings. The molecular formula is C14H14N2O3. The van der Waals surface area contributed by atoms with E-state index in [-0.39, 0.29) is 11.7 Å². The molecule has 5 heteroatoms. The van der Waals surface area contributed by atoms with Gasteiger partial charge in [-0.2, -0.15) is 0 Å². The van der Waals surface area contributed by atoms with Crippen LogP contribution in [0.1, 0.15) is 17.5 Å². The van der Waals surface area contributed by atoms with Crippen molar-refractivity contribution in [2.45, 2.75) is 13.0 Å². The normalized spacial score (nSPS) is 11.6. The fourth-order valence-corrected chi connectivity index (χ4v) is 1.51. The highest BCUT2D eigenvalue weighted by atomic mass is 16.3.